The predicted octanol–water partition coefficient (Wildman–Crippen LogP) is -6.85. The van der Waals surface area contributed by atoms with Crippen LogP contribution in [-0.4, -0.2) is 193 Å². The number of carboxylic acid groups (broad SMARTS) is 1. The molecule has 3 aliphatic rings. The molecule has 0 saturated carbocycles. The molecule has 0 aliphatic carbocycles. The quantitative estimate of drug-likeness (QED) is 0.0643. The lowest BCUT2D eigenvalue weighted by atomic mass is 9.94. The lowest BCUT2D eigenvalue weighted by molar-refractivity contribution is -0.360. The molecule has 3 rings (SSSR count). The molecule has 0 radical (unpaired) electrons. The number of hydrogen-bond acceptors (Lipinski definition) is 21. The monoisotopic (exact) mass is 840 g/mol. The fraction of sp³-hybridized carbons (Fsp3) is 0.913. The molecular formula is C23H40N2O25S3. The smallest absolute Gasteiger partial charge is 0.397 e. The van der Waals surface area contributed by atoms with Gasteiger partial charge in [-0.3, -0.25) is 18.5 Å². The first-order valence-electron chi connectivity index (χ1n) is 15.0. The molecule has 15 atom stereocenters. The molecule has 310 valence electrons. The van der Waals surface area contributed by atoms with Crippen molar-refractivity contribution in [3.8, 4) is 0 Å². The Morgan fingerprint density at radius 1 is 0.736 bits per heavy atom. The highest BCUT2D eigenvalue weighted by atomic mass is 32.3. The molecule has 53 heavy (non-hydrogen) atoms. The maximum Gasteiger partial charge on any atom is 0.397 e. The number of rotatable bonds is 16. The number of carboxylic acids is 1. The summed E-state index contributed by atoms with van der Waals surface area (Å²) in [6.45, 7) is 1.71. The molecule has 0 unspecified atom stereocenters. The average molecular weight is 841 g/mol. The van der Waals surface area contributed by atoms with E-state index in [4.69, 9.17) is 33.0 Å². The van der Waals surface area contributed by atoms with Crippen LogP contribution in [0.5, 0.6) is 0 Å². The Morgan fingerprint density at radius 2 is 1.32 bits per heavy atom. The fourth-order valence-corrected chi connectivity index (χ4v) is 6.87. The summed E-state index contributed by atoms with van der Waals surface area (Å²) in [7, 11) is -16.2. The van der Waals surface area contributed by atoms with E-state index in [1.165, 1.54) is 18.6 Å². The van der Waals surface area contributed by atoms with Crippen molar-refractivity contribution in [2.24, 2.45) is 0 Å². The highest BCUT2D eigenvalue weighted by Gasteiger charge is 2.57. The molecule has 0 aromatic heterocycles. The van der Waals surface area contributed by atoms with E-state index >= 15 is 0 Å². The summed E-state index contributed by atoms with van der Waals surface area (Å²) >= 11 is 0. The largest absolute Gasteiger partial charge is 0.479 e. The second-order valence-corrected chi connectivity index (χ2v) is 15.3. The number of ether oxygens (including phenoxy) is 6. The van der Waals surface area contributed by atoms with Crippen LogP contribution in [0, 0.1) is 0 Å². The first kappa shape index (κ1) is 45.5. The summed E-state index contributed by atoms with van der Waals surface area (Å²) in [6, 6.07) is -3.83. The minimum Gasteiger partial charge on any atom is -0.479 e. The third-order valence-electron chi connectivity index (χ3n) is 7.58. The fourth-order valence-electron chi connectivity index (χ4n) is 5.48. The zero-order valence-electron chi connectivity index (χ0n) is 27.4. The Kier molecular flexibility index (Phi) is 15.4. The van der Waals surface area contributed by atoms with Crippen molar-refractivity contribution in [3.05, 3.63) is 0 Å². The van der Waals surface area contributed by atoms with Gasteiger partial charge in [0, 0.05) is 6.92 Å². The Morgan fingerprint density at radius 3 is 1.81 bits per heavy atom. The maximum absolute atomic E-state index is 12.4. The van der Waals surface area contributed by atoms with E-state index in [2.05, 4.69) is 13.7 Å². The number of amides is 1. The first-order valence-corrected chi connectivity index (χ1v) is 19.2. The molecule has 3 heterocycles. The van der Waals surface area contributed by atoms with Crippen LogP contribution in [0.15, 0.2) is 0 Å². The van der Waals surface area contributed by atoms with Gasteiger partial charge in [0.15, 0.2) is 31.1 Å². The van der Waals surface area contributed by atoms with Gasteiger partial charge in [0.05, 0.1) is 19.3 Å². The van der Waals surface area contributed by atoms with Crippen LogP contribution in [0.3, 0.4) is 0 Å². The standard InChI is InChI=1S/C23H40N2O25S3/c1-6(2)44-21-10(24-7(3)27)14(30)16(9(46-21)5-43-52(37,38)39)47-23-18(50-53(40,41)42)15(31)17(19(49-23)20(32)33)48-22-11(25-51(34,35)36)13(29)12(28)8(4-26)45-22/h6,8-19,21-23,25-26,28-31H,4-5H2,1-3H3,(H,24,27)(H,32,33)(H,34,35,36)(H,37,38,39)(H,40,41,42)/t8-,9-,10-,11-,12-,13-,14-,15+,16-,17+,18-,19+,21+,22-,23-/m1/s1. The van der Waals surface area contributed by atoms with E-state index in [0.717, 1.165) is 6.92 Å². The molecule has 0 aromatic rings. The van der Waals surface area contributed by atoms with Gasteiger partial charge in [-0.15, -0.1) is 0 Å². The summed E-state index contributed by atoms with van der Waals surface area (Å²) in [5.41, 5.74) is 0. The molecule has 3 saturated heterocycles. The van der Waals surface area contributed by atoms with Crippen molar-refractivity contribution in [2.75, 3.05) is 13.2 Å². The zero-order valence-corrected chi connectivity index (χ0v) is 29.9. The Hall–Kier alpha value is -1.89. The van der Waals surface area contributed by atoms with Crippen molar-refractivity contribution >= 4 is 43.0 Å². The van der Waals surface area contributed by atoms with Crippen LogP contribution >= 0.6 is 0 Å². The van der Waals surface area contributed by atoms with Crippen LogP contribution in [0.4, 0.5) is 0 Å². The average Bonchev–Trinajstić information content (AvgIpc) is 2.99. The SMILES string of the molecule is CC(=O)N[C@H]1[C@@H](OC(C)C)O[C@H](COS(=O)(=O)O)[C@@H](O[C@@H]2O[C@H](C(=O)O)[C@@H](O[C@H]3O[C@H](CO)[C@@H](O)[C@H](O)[C@H]3NS(=O)(=O)O)[C@H](O)[C@H]2OS(=O)(=O)O)[C@@H]1O. The molecule has 11 N–H and O–H groups in total. The first-order chi connectivity index (χ1) is 24.2. The van der Waals surface area contributed by atoms with E-state index in [1.54, 1.807) is 0 Å². The van der Waals surface area contributed by atoms with Crippen molar-refractivity contribution < 1.29 is 116 Å². The highest BCUT2D eigenvalue weighted by molar-refractivity contribution is 7.83. The summed E-state index contributed by atoms with van der Waals surface area (Å²) in [4.78, 5) is 24.4. The van der Waals surface area contributed by atoms with Crippen LogP contribution in [0.25, 0.3) is 0 Å². The third-order valence-corrected chi connectivity index (χ3v) is 9.05. The lowest BCUT2D eigenvalue weighted by Crippen LogP contribution is -2.70. The maximum atomic E-state index is 12.4. The molecule has 30 heteroatoms. The van der Waals surface area contributed by atoms with E-state index < -0.39 is 154 Å². The minimum atomic E-state index is -5.69. The van der Waals surface area contributed by atoms with Crippen molar-refractivity contribution in [2.45, 2.75) is 119 Å². The van der Waals surface area contributed by atoms with Gasteiger partial charge in [0.2, 0.25) is 5.91 Å². The van der Waals surface area contributed by atoms with Gasteiger partial charge in [-0.05, 0) is 13.8 Å². The number of carbonyl (C=O) groups excluding carboxylic acids is 1. The Balaban J connectivity index is 2.07. The van der Waals surface area contributed by atoms with Crippen molar-refractivity contribution in [1.29, 1.82) is 0 Å². The van der Waals surface area contributed by atoms with Crippen LogP contribution in [0.1, 0.15) is 20.8 Å². The Bertz CT molecular complexity index is 1600. The number of hydrogen-bond donors (Lipinski definition) is 11. The highest BCUT2D eigenvalue weighted by Crippen LogP contribution is 2.35. The van der Waals surface area contributed by atoms with E-state index in [9.17, 15) is 74.6 Å². The number of carbonyl (C=O) groups is 2. The third kappa shape index (κ3) is 12.6. The lowest BCUT2D eigenvalue weighted by Gasteiger charge is -2.49. The number of aliphatic hydroxyl groups is 5. The molecular weight excluding hydrogens is 800 g/mol. The van der Waals surface area contributed by atoms with Crippen molar-refractivity contribution in [3.63, 3.8) is 0 Å². The Labute approximate surface area is 300 Å². The van der Waals surface area contributed by atoms with E-state index in [0.29, 0.717) is 0 Å². The number of aliphatic carboxylic acids is 1. The van der Waals surface area contributed by atoms with Crippen LogP contribution in [0.2, 0.25) is 0 Å². The van der Waals surface area contributed by atoms with Gasteiger partial charge in [0.1, 0.15) is 60.9 Å². The van der Waals surface area contributed by atoms with Gasteiger partial charge in [-0.2, -0.15) is 30.0 Å². The number of nitrogens with one attached hydrogen (secondary N) is 2. The van der Waals surface area contributed by atoms with Crippen LogP contribution < -0.4 is 10.0 Å². The predicted molar refractivity (Wildman–Crippen MR) is 161 cm³/mol. The van der Waals surface area contributed by atoms with Gasteiger partial charge >= 0.3 is 37.1 Å². The second-order valence-electron chi connectivity index (χ2n) is 11.9. The normalized spacial score (nSPS) is 38.8. The minimum absolute atomic E-state index is 0.681. The topological polar surface area (TPSA) is 417 Å². The van der Waals surface area contributed by atoms with Gasteiger partial charge < -0.3 is 64.4 Å². The summed E-state index contributed by atoms with van der Waals surface area (Å²) in [5, 5.41) is 65.2. The van der Waals surface area contributed by atoms with Gasteiger partial charge in [0.25, 0.3) is 0 Å². The number of aliphatic hydroxyl groups excluding tert-OH is 5. The van der Waals surface area contributed by atoms with E-state index in [1.807, 2.05) is 0 Å². The molecule has 0 aromatic carbocycles. The summed E-state index contributed by atoms with van der Waals surface area (Å²) in [5.74, 6) is -2.85. The van der Waals surface area contributed by atoms with Gasteiger partial charge in [-0.1, -0.05) is 0 Å². The summed E-state index contributed by atoms with van der Waals surface area (Å²) < 4.78 is 141. The molecule has 3 fully saturated rings. The molecule has 0 spiro atoms. The molecule has 0 bridgehead atoms. The second kappa shape index (κ2) is 17.9. The molecule has 1 amide bonds. The van der Waals surface area contributed by atoms with E-state index in [-0.39, 0.29) is 0 Å². The van der Waals surface area contributed by atoms with Crippen molar-refractivity contribution in [1.82, 2.24) is 10.0 Å². The van der Waals surface area contributed by atoms with Gasteiger partial charge in [-0.25, -0.2) is 13.2 Å². The molecule has 3 aliphatic heterocycles. The molecule has 27 nitrogen and oxygen atoms in total. The zero-order chi connectivity index (χ0) is 40.4. The van der Waals surface area contributed by atoms with Crippen LogP contribution in [-0.2, 0) is 77.5 Å². The summed E-state index contributed by atoms with van der Waals surface area (Å²) in [6.07, 6.45) is -29.8.